The number of hydrogen-bond donors (Lipinski definition) is 2. The van der Waals surface area contributed by atoms with E-state index in [0.717, 1.165) is 32.1 Å². The lowest BCUT2D eigenvalue weighted by Gasteiger charge is -2.59. The summed E-state index contributed by atoms with van der Waals surface area (Å²) in [4.78, 5) is 24.8. The largest absolute Gasteiger partial charge is 0.449 e. The molecule has 3 N–H and O–H groups in total. The van der Waals surface area contributed by atoms with Crippen molar-refractivity contribution in [2.45, 2.75) is 58.4 Å². The summed E-state index contributed by atoms with van der Waals surface area (Å²) >= 11 is 0. The fourth-order valence-electron chi connectivity index (χ4n) is 6.84. The first kappa shape index (κ1) is 24.1. The van der Waals surface area contributed by atoms with E-state index in [1.807, 2.05) is 19.9 Å². The van der Waals surface area contributed by atoms with Gasteiger partial charge in [-0.05, 0) is 61.3 Å². The number of allylic oxidation sites excluding steroid dienone is 1. The zero-order valence-corrected chi connectivity index (χ0v) is 20.8. The molecule has 10 heteroatoms. The maximum atomic E-state index is 13.6. The van der Waals surface area contributed by atoms with E-state index in [1.54, 1.807) is 40.2 Å². The minimum atomic E-state index is -0.719. The van der Waals surface area contributed by atoms with Gasteiger partial charge in [-0.25, -0.2) is 14.2 Å². The summed E-state index contributed by atoms with van der Waals surface area (Å²) in [5, 5.41) is 21.2. The molecule has 0 aliphatic heterocycles. The van der Waals surface area contributed by atoms with Crippen LogP contribution < -0.4 is 11.1 Å². The van der Waals surface area contributed by atoms with E-state index in [0.29, 0.717) is 42.2 Å². The van der Waals surface area contributed by atoms with Crippen molar-refractivity contribution < 1.29 is 14.3 Å². The molecule has 2 heterocycles. The fourth-order valence-corrected chi connectivity index (χ4v) is 6.84. The molecule has 4 saturated carbocycles. The first-order chi connectivity index (χ1) is 17.2. The number of nitrogens with zero attached hydrogens (tertiary/aromatic N) is 5. The second-order valence-corrected chi connectivity index (χ2v) is 11.5. The Hall–Kier alpha value is -3.61. The van der Waals surface area contributed by atoms with Crippen LogP contribution in [0.1, 0.15) is 62.7 Å². The molecule has 10 nitrogen and oxygen atoms in total. The van der Waals surface area contributed by atoms with Gasteiger partial charge in [-0.15, -0.1) is 0 Å². The minimum absolute atomic E-state index is 0.0150. The Morgan fingerprint density at radius 1 is 1.31 bits per heavy atom. The van der Waals surface area contributed by atoms with Gasteiger partial charge in [-0.3, -0.25) is 4.79 Å². The molecule has 4 aliphatic rings. The van der Waals surface area contributed by atoms with Crippen LogP contribution in [0.15, 0.2) is 30.7 Å². The van der Waals surface area contributed by atoms with E-state index in [4.69, 9.17) is 15.7 Å². The van der Waals surface area contributed by atoms with Gasteiger partial charge in [0.25, 0.3) is 5.91 Å². The van der Waals surface area contributed by atoms with Crippen LogP contribution in [0, 0.1) is 39.9 Å². The summed E-state index contributed by atoms with van der Waals surface area (Å²) < 4.78 is 8.51. The third kappa shape index (κ3) is 4.62. The average Bonchev–Trinajstić information content (AvgIpc) is 3.48. The normalized spacial score (nSPS) is 28.8. The van der Waals surface area contributed by atoms with Crippen molar-refractivity contribution in [2.75, 3.05) is 6.61 Å². The topological polar surface area (TPSA) is 141 Å². The third-order valence-corrected chi connectivity index (χ3v) is 8.16. The molecule has 2 aromatic rings. The van der Waals surface area contributed by atoms with Crippen LogP contribution in [0.3, 0.4) is 0 Å². The highest BCUT2D eigenvalue weighted by Gasteiger charge is 2.56. The maximum absolute atomic E-state index is 13.6. The molecular weight excluding hydrogens is 458 g/mol. The number of aromatic nitrogens is 4. The molecule has 2 aromatic heterocycles. The highest BCUT2D eigenvalue weighted by molar-refractivity contribution is 5.97. The molecular formula is C26H33N7O3. The van der Waals surface area contributed by atoms with Crippen molar-refractivity contribution in [2.24, 2.45) is 34.3 Å². The summed E-state index contributed by atoms with van der Waals surface area (Å²) in [6.07, 6.45) is 13.5. The quantitative estimate of drug-likeness (QED) is 0.579. The molecule has 36 heavy (non-hydrogen) atoms. The Morgan fingerprint density at radius 2 is 2.06 bits per heavy atom. The smallest absolute Gasteiger partial charge is 0.404 e. The van der Waals surface area contributed by atoms with Crippen molar-refractivity contribution in [3.63, 3.8) is 0 Å². The highest BCUT2D eigenvalue weighted by Crippen LogP contribution is 2.60. The van der Waals surface area contributed by atoms with E-state index in [2.05, 4.69) is 21.6 Å². The molecule has 0 aromatic carbocycles. The predicted octanol–water partition coefficient (Wildman–Crippen LogP) is 3.50. The number of ether oxygens (including phenoxy) is 1. The molecule has 0 saturated heterocycles. The number of amides is 2. The number of rotatable bonds is 8. The predicted molar refractivity (Wildman–Crippen MR) is 131 cm³/mol. The second-order valence-electron chi connectivity index (χ2n) is 11.5. The van der Waals surface area contributed by atoms with Crippen molar-refractivity contribution >= 4 is 18.2 Å². The molecule has 4 bridgehead atoms. The van der Waals surface area contributed by atoms with E-state index in [-0.39, 0.29) is 22.8 Å². The number of nitriles is 1. The first-order valence-electron chi connectivity index (χ1n) is 12.6. The van der Waals surface area contributed by atoms with Crippen LogP contribution in [-0.2, 0) is 4.74 Å². The standard InChI is InChI=1S/C26H33N7O3/c1-25(2,4-6-27)5-9-33-23(32-8-3-7-29-32)20(15-30-33)22(34)31-21-18-10-17-11-19(21)14-26(12-17,13-18)16-36-24(28)35/h3,5,7-9,15,17-19,21H,4,10-14,16H2,1-2H3,(H2,28,35)(H,31,34). The van der Waals surface area contributed by atoms with Gasteiger partial charge < -0.3 is 15.8 Å². The molecule has 0 radical (unpaired) electrons. The molecule has 0 spiro atoms. The Bertz CT molecular complexity index is 1190. The van der Waals surface area contributed by atoms with Gasteiger partial charge in [-0.1, -0.05) is 19.9 Å². The van der Waals surface area contributed by atoms with Gasteiger partial charge >= 0.3 is 6.09 Å². The van der Waals surface area contributed by atoms with Gasteiger partial charge in [0.1, 0.15) is 5.56 Å². The Morgan fingerprint density at radius 3 is 2.69 bits per heavy atom. The molecule has 2 amide bonds. The summed E-state index contributed by atoms with van der Waals surface area (Å²) in [6.45, 7) is 4.33. The minimum Gasteiger partial charge on any atom is -0.449 e. The SMILES string of the molecule is CC(C)(C=Cn1ncc(C(=O)NC2C3CC4CC2CC(COC(N)=O)(C4)C3)c1-n1cccn1)CC#N. The van der Waals surface area contributed by atoms with Crippen LogP contribution in [0.4, 0.5) is 4.79 Å². The van der Waals surface area contributed by atoms with Crippen molar-refractivity contribution in [1.29, 1.82) is 5.26 Å². The number of hydrogen-bond acceptors (Lipinski definition) is 6. The fraction of sp³-hybridized carbons (Fsp3) is 0.577. The first-order valence-corrected chi connectivity index (χ1v) is 12.6. The third-order valence-electron chi connectivity index (χ3n) is 8.16. The van der Waals surface area contributed by atoms with Crippen LogP contribution >= 0.6 is 0 Å². The Kier molecular flexibility index (Phi) is 6.10. The Labute approximate surface area is 210 Å². The average molecular weight is 492 g/mol. The molecule has 4 fully saturated rings. The van der Waals surface area contributed by atoms with E-state index < -0.39 is 6.09 Å². The van der Waals surface area contributed by atoms with Crippen LogP contribution in [0.5, 0.6) is 0 Å². The lowest BCUT2D eigenvalue weighted by Crippen LogP contribution is -2.60. The van der Waals surface area contributed by atoms with Gasteiger partial charge in [-0.2, -0.15) is 15.5 Å². The van der Waals surface area contributed by atoms with Crippen molar-refractivity contribution in [3.05, 3.63) is 36.3 Å². The Balaban J connectivity index is 1.37. The number of carbonyl (C=O) groups is 2. The summed E-state index contributed by atoms with van der Waals surface area (Å²) in [5.41, 5.74) is 5.34. The van der Waals surface area contributed by atoms with E-state index in [9.17, 15) is 9.59 Å². The van der Waals surface area contributed by atoms with Gasteiger partial charge in [0.05, 0.1) is 18.9 Å². The van der Waals surface area contributed by atoms with Crippen molar-refractivity contribution in [1.82, 2.24) is 24.9 Å². The zero-order valence-electron chi connectivity index (χ0n) is 20.8. The van der Waals surface area contributed by atoms with Gasteiger partial charge in [0, 0.05) is 36.5 Å². The van der Waals surface area contributed by atoms with Gasteiger partial charge in [0.2, 0.25) is 0 Å². The monoisotopic (exact) mass is 491 g/mol. The summed E-state index contributed by atoms with van der Waals surface area (Å²) in [7, 11) is 0. The molecule has 2 atom stereocenters. The molecule has 2 unspecified atom stereocenters. The molecule has 4 aliphatic carbocycles. The second kappa shape index (κ2) is 9.12. The van der Waals surface area contributed by atoms with Crippen LogP contribution in [0.2, 0.25) is 0 Å². The number of nitrogens with two attached hydrogens (primary N) is 1. The van der Waals surface area contributed by atoms with Gasteiger partial charge in [0.15, 0.2) is 5.82 Å². The van der Waals surface area contributed by atoms with Crippen molar-refractivity contribution in [3.8, 4) is 11.9 Å². The number of primary amides is 1. The number of carbonyl (C=O) groups excluding carboxylic acids is 2. The van der Waals surface area contributed by atoms with Crippen LogP contribution in [0.25, 0.3) is 12.0 Å². The summed E-state index contributed by atoms with van der Waals surface area (Å²) in [6, 6.07) is 4.08. The summed E-state index contributed by atoms with van der Waals surface area (Å²) in [5.74, 6) is 1.70. The lowest BCUT2D eigenvalue weighted by atomic mass is 9.48. The maximum Gasteiger partial charge on any atom is 0.404 e. The zero-order chi connectivity index (χ0) is 25.5. The number of nitrogens with one attached hydrogen (secondary N) is 1. The molecule has 190 valence electrons. The van der Waals surface area contributed by atoms with Crippen LogP contribution in [-0.4, -0.2) is 44.2 Å². The highest BCUT2D eigenvalue weighted by atomic mass is 16.5. The van der Waals surface area contributed by atoms with E-state index >= 15 is 0 Å². The van der Waals surface area contributed by atoms with E-state index in [1.165, 1.54) is 0 Å². The molecule has 6 rings (SSSR count). The lowest BCUT2D eigenvalue weighted by molar-refractivity contribution is -0.0977.